The third kappa shape index (κ3) is 14.3. The van der Waals surface area contributed by atoms with Gasteiger partial charge in [-0.1, -0.05) is 57.6 Å². The van der Waals surface area contributed by atoms with E-state index in [0.29, 0.717) is 6.26 Å². The van der Waals surface area contributed by atoms with Gasteiger partial charge < -0.3 is 5.11 Å². The largest absolute Gasteiger partial charge is 0.396 e. The lowest BCUT2D eigenvalue weighted by molar-refractivity contribution is 0.256. The first-order chi connectivity index (χ1) is 10.8. The van der Waals surface area contributed by atoms with Crippen molar-refractivity contribution in [3.63, 3.8) is 0 Å². The number of hydrogen-bond acceptors (Lipinski definition) is 3. The van der Waals surface area contributed by atoms with E-state index in [4.69, 9.17) is 4.55 Å². The van der Waals surface area contributed by atoms with E-state index in [0.717, 1.165) is 18.4 Å². The van der Waals surface area contributed by atoms with E-state index in [2.05, 4.69) is 6.92 Å². The second kappa shape index (κ2) is 12.4. The molecule has 0 amide bonds. The zero-order valence-corrected chi connectivity index (χ0v) is 14.9. The number of rotatable bonds is 9. The van der Waals surface area contributed by atoms with Gasteiger partial charge in [-0.2, -0.15) is 8.42 Å². The first-order valence-electron chi connectivity index (χ1n) is 8.06. The molecular formula is C17H29FO4S. The van der Waals surface area contributed by atoms with E-state index >= 15 is 0 Å². The van der Waals surface area contributed by atoms with Crippen LogP contribution in [0.1, 0.15) is 63.4 Å². The summed E-state index contributed by atoms with van der Waals surface area (Å²) in [5, 5.41) is 9.40. The predicted molar refractivity (Wildman–Crippen MR) is 91.7 cm³/mol. The van der Waals surface area contributed by atoms with E-state index in [9.17, 15) is 17.9 Å². The second-order valence-corrected chi connectivity index (χ2v) is 7.19. The molecule has 0 aliphatic rings. The van der Waals surface area contributed by atoms with Crippen LogP contribution >= 0.6 is 0 Å². The van der Waals surface area contributed by atoms with Gasteiger partial charge in [0.1, 0.15) is 5.82 Å². The monoisotopic (exact) mass is 348 g/mol. The van der Waals surface area contributed by atoms with Crippen LogP contribution in [0.5, 0.6) is 0 Å². The smallest absolute Gasteiger partial charge is 0.261 e. The van der Waals surface area contributed by atoms with Crippen molar-refractivity contribution in [2.75, 3.05) is 12.9 Å². The average Bonchev–Trinajstić information content (AvgIpc) is 2.46. The Bertz CT molecular complexity index is 492. The molecule has 6 heteroatoms. The number of halogens is 1. The maximum absolute atomic E-state index is 12.8. The molecule has 0 spiro atoms. The van der Waals surface area contributed by atoms with Gasteiger partial charge in [-0.25, -0.2) is 4.39 Å². The highest BCUT2D eigenvalue weighted by Crippen LogP contribution is 2.22. The molecule has 2 N–H and O–H groups in total. The molecule has 0 saturated carbocycles. The Morgan fingerprint density at radius 3 is 2.00 bits per heavy atom. The Morgan fingerprint density at radius 2 is 1.52 bits per heavy atom. The summed E-state index contributed by atoms with van der Waals surface area (Å²) in [6.07, 6.45) is 9.29. The fraction of sp³-hybridized carbons (Fsp3) is 0.647. The second-order valence-electron chi connectivity index (χ2n) is 5.72. The molecule has 1 unspecified atom stereocenters. The summed E-state index contributed by atoms with van der Waals surface area (Å²) in [5.74, 6) is -0.0493. The lowest BCUT2D eigenvalue weighted by Crippen LogP contribution is -2.04. The molecule has 0 saturated heterocycles. The number of aliphatic hydroxyl groups is 1. The van der Waals surface area contributed by atoms with Crippen molar-refractivity contribution in [2.45, 2.75) is 57.8 Å². The fourth-order valence-corrected chi connectivity index (χ4v) is 2.27. The van der Waals surface area contributed by atoms with Gasteiger partial charge in [0.15, 0.2) is 0 Å². The standard InChI is InChI=1S/C16H25FO.CH4O3S/c1-2-3-4-5-6-7-8-15(13-18)14-9-11-16(17)12-10-14;1-5(2,3)4/h9-12,15,18H,2-8,13H2,1H3;1H3,(H,2,3,4). The van der Waals surface area contributed by atoms with Crippen LogP contribution in [0.15, 0.2) is 24.3 Å². The van der Waals surface area contributed by atoms with E-state index in [1.165, 1.54) is 44.2 Å². The summed E-state index contributed by atoms with van der Waals surface area (Å²) < 4.78 is 38.7. The Morgan fingerprint density at radius 1 is 1.04 bits per heavy atom. The lowest BCUT2D eigenvalue weighted by atomic mass is 9.93. The van der Waals surface area contributed by atoms with E-state index < -0.39 is 10.1 Å². The van der Waals surface area contributed by atoms with Gasteiger partial charge in [-0.15, -0.1) is 0 Å². The van der Waals surface area contributed by atoms with Crippen molar-refractivity contribution >= 4 is 10.1 Å². The molecule has 23 heavy (non-hydrogen) atoms. The summed E-state index contributed by atoms with van der Waals surface area (Å²) >= 11 is 0. The molecule has 0 bridgehead atoms. The topological polar surface area (TPSA) is 74.6 Å². The summed E-state index contributed by atoms with van der Waals surface area (Å²) in [5.41, 5.74) is 1.05. The molecule has 1 aromatic carbocycles. The van der Waals surface area contributed by atoms with Crippen LogP contribution in [-0.2, 0) is 10.1 Å². The van der Waals surface area contributed by atoms with Crippen LogP contribution in [0.2, 0.25) is 0 Å². The fourth-order valence-electron chi connectivity index (χ4n) is 2.27. The third-order valence-corrected chi connectivity index (χ3v) is 3.47. The number of aliphatic hydroxyl groups excluding tert-OH is 1. The van der Waals surface area contributed by atoms with Gasteiger partial charge in [0.2, 0.25) is 0 Å². The van der Waals surface area contributed by atoms with Crippen LogP contribution in [0, 0.1) is 5.82 Å². The molecule has 1 aromatic rings. The zero-order chi connectivity index (χ0) is 17.7. The number of benzene rings is 1. The molecule has 1 atom stereocenters. The minimum atomic E-state index is -3.67. The molecule has 0 aliphatic heterocycles. The average molecular weight is 348 g/mol. The van der Waals surface area contributed by atoms with Gasteiger partial charge >= 0.3 is 0 Å². The quantitative estimate of drug-likeness (QED) is 0.519. The van der Waals surface area contributed by atoms with Crippen molar-refractivity contribution in [3.8, 4) is 0 Å². The van der Waals surface area contributed by atoms with Crippen LogP contribution < -0.4 is 0 Å². The molecule has 0 fully saturated rings. The predicted octanol–water partition coefficient (Wildman–Crippen LogP) is 4.16. The third-order valence-electron chi connectivity index (χ3n) is 3.47. The van der Waals surface area contributed by atoms with E-state index in [-0.39, 0.29) is 18.3 Å². The van der Waals surface area contributed by atoms with E-state index in [1.807, 2.05) is 0 Å². The minimum Gasteiger partial charge on any atom is -0.396 e. The maximum atomic E-state index is 12.8. The number of hydrogen-bond donors (Lipinski definition) is 2. The highest BCUT2D eigenvalue weighted by Gasteiger charge is 2.09. The van der Waals surface area contributed by atoms with Crippen LogP contribution in [-0.4, -0.2) is 30.9 Å². The first-order valence-corrected chi connectivity index (χ1v) is 9.91. The molecule has 0 radical (unpaired) electrons. The summed E-state index contributed by atoms with van der Waals surface area (Å²) in [6, 6.07) is 6.51. The molecule has 4 nitrogen and oxygen atoms in total. The summed E-state index contributed by atoms with van der Waals surface area (Å²) in [4.78, 5) is 0. The van der Waals surface area contributed by atoms with E-state index in [1.54, 1.807) is 12.1 Å². The zero-order valence-electron chi connectivity index (χ0n) is 14.0. The van der Waals surface area contributed by atoms with Crippen molar-refractivity contribution in [1.82, 2.24) is 0 Å². The van der Waals surface area contributed by atoms with Gasteiger partial charge in [-0.05, 0) is 24.1 Å². The Labute approximate surface area is 139 Å². The molecule has 0 heterocycles. The Kier molecular flexibility index (Phi) is 11.9. The molecule has 0 aliphatic carbocycles. The van der Waals surface area contributed by atoms with Crippen molar-refractivity contribution in [2.24, 2.45) is 0 Å². The molecule has 134 valence electrons. The Hall–Kier alpha value is -0.980. The Balaban J connectivity index is 0.000000841. The van der Waals surface area contributed by atoms with Gasteiger partial charge in [-0.3, -0.25) is 4.55 Å². The van der Waals surface area contributed by atoms with Crippen molar-refractivity contribution in [1.29, 1.82) is 0 Å². The molecular weight excluding hydrogens is 319 g/mol. The lowest BCUT2D eigenvalue weighted by Gasteiger charge is -2.14. The van der Waals surface area contributed by atoms with Crippen LogP contribution in [0.3, 0.4) is 0 Å². The normalized spacial score (nSPS) is 12.4. The first kappa shape index (κ1) is 22.0. The SMILES string of the molecule is CCCCCCCCC(CO)c1ccc(F)cc1.CS(=O)(=O)O. The van der Waals surface area contributed by atoms with Gasteiger partial charge in [0.25, 0.3) is 10.1 Å². The summed E-state index contributed by atoms with van der Waals surface area (Å²) in [7, 11) is -3.67. The number of unbranched alkanes of at least 4 members (excludes halogenated alkanes) is 5. The van der Waals surface area contributed by atoms with Crippen LogP contribution in [0.4, 0.5) is 4.39 Å². The highest BCUT2D eigenvalue weighted by molar-refractivity contribution is 7.85. The van der Waals surface area contributed by atoms with Crippen molar-refractivity contribution in [3.05, 3.63) is 35.6 Å². The van der Waals surface area contributed by atoms with Gasteiger partial charge in [0.05, 0.1) is 6.26 Å². The summed E-state index contributed by atoms with van der Waals surface area (Å²) in [6.45, 7) is 2.37. The van der Waals surface area contributed by atoms with Crippen molar-refractivity contribution < 1.29 is 22.5 Å². The molecule has 1 rings (SSSR count). The van der Waals surface area contributed by atoms with Crippen LogP contribution in [0.25, 0.3) is 0 Å². The van der Waals surface area contributed by atoms with Gasteiger partial charge in [0, 0.05) is 12.5 Å². The maximum Gasteiger partial charge on any atom is 0.261 e. The minimum absolute atomic E-state index is 0.153. The highest BCUT2D eigenvalue weighted by atomic mass is 32.2. The molecule has 0 aromatic heterocycles.